The van der Waals surface area contributed by atoms with E-state index in [9.17, 15) is 24.0 Å². The first-order valence-electron chi connectivity index (χ1n) is 10.5. The van der Waals surface area contributed by atoms with Crippen molar-refractivity contribution in [2.75, 3.05) is 7.11 Å². The Balaban J connectivity index is 2.08. The third-order valence-electron chi connectivity index (χ3n) is 5.27. The van der Waals surface area contributed by atoms with Gasteiger partial charge in [-0.05, 0) is 25.5 Å². The van der Waals surface area contributed by atoms with Gasteiger partial charge in [-0.25, -0.2) is 9.59 Å². The molecular weight excluding hydrogens is 480 g/mol. The molecule has 2 aromatic rings. The number of aryl methyl sites for hydroxylation is 1. The van der Waals surface area contributed by atoms with Crippen molar-refractivity contribution in [3.8, 4) is 34.5 Å². The summed E-state index contributed by atoms with van der Waals surface area (Å²) in [5.41, 5.74) is -0.115. The molecule has 0 saturated heterocycles. The van der Waals surface area contributed by atoms with Gasteiger partial charge in [0.2, 0.25) is 5.75 Å². The van der Waals surface area contributed by atoms with Gasteiger partial charge in [0.25, 0.3) is 6.29 Å². The Morgan fingerprint density at radius 1 is 0.806 bits per heavy atom. The lowest BCUT2D eigenvalue weighted by Gasteiger charge is -2.20. The average molecular weight is 500 g/mol. The molecule has 1 unspecified atom stereocenters. The number of methoxy groups -OCH3 is 1. The van der Waals surface area contributed by atoms with Crippen molar-refractivity contribution in [1.82, 2.24) is 0 Å². The summed E-state index contributed by atoms with van der Waals surface area (Å²) < 4.78 is 37.9. The molecule has 0 spiro atoms. The standard InChI is InChI=1S/C24H20O12/c1-8-7-13(30-6)19(32-11(4)26)20-14(8)22(28)35-18-9(2)17(31-10(3)25)15-16(21(18)34-20)24(33-12(5)27)36-23(15)29/h7,24H,1-6H3. The summed E-state index contributed by atoms with van der Waals surface area (Å²) in [6, 6.07) is 1.45. The molecule has 12 heteroatoms. The van der Waals surface area contributed by atoms with Crippen molar-refractivity contribution in [3.05, 3.63) is 33.9 Å². The van der Waals surface area contributed by atoms with Crippen molar-refractivity contribution in [2.45, 2.75) is 40.9 Å². The third-order valence-corrected chi connectivity index (χ3v) is 5.27. The SMILES string of the molecule is COc1cc(C)c2c(c1OC(C)=O)Oc1c(c(C)c(OC(C)=O)c3c1C(OC(C)=O)OC3=O)OC2=O. The molecule has 1 atom stereocenters. The minimum Gasteiger partial charge on any atom is -0.493 e. The van der Waals surface area contributed by atoms with Crippen LogP contribution in [-0.2, 0) is 23.9 Å². The van der Waals surface area contributed by atoms with Gasteiger partial charge in [0.05, 0.1) is 12.7 Å². The molecular formula is C24H20O12. The smallest absolute Gasteiger partial charge is 0.347 e. The number of hydrogen-bond acceptors (Lipinski definition) is 12. The lowest BCUT2D eigenvalue weighted by atomic mass is 10.0. The molecule has 36 heavy (non-hydrogen) atoms. The zero-order valence-electron chi connectivity index (χ0n) is 20.1. The van der Waals surface area contributed by atoms with Gasteiger partial charge in [-0.2, -0.15) is 0 Å². The summed E-state index contributed by atoms with van der Waals surface area (Å²) in [7, 11) is 1.33. The number of carbonyl (C=O) groups excluding carboxylic acids is 5. The molecule has 0 aromatic heterocycles. The number of hydrogen-bond donors (Lipinski definition) is 0. The van der Waals surface area contributed by atoms with Crippen LogP contribution in [0.5, 0.6) is 34.5 Å². The summed E-state index contributed by atoms with van der Waals surface area (Å²) in [6.07, 6.45) is -1.61. The topological polar surface area (TPSA) is 150 Å². The highest BCUT2D eigenvalue weighted by Gasteiger charge is 2.46. The van der Waals surface area contributed by atoms with Gasteiger partial charge in [-0.1, -0.05) is 0 Å². The van der Waals surface area contributed by atoms with Crippen molar-refractivity contribution in [2.24, 2.45) is 0 Å². The number of esters is 5. The van der Waals surface area contributed by atoms with Crippen LogP contribution in [0.15, 0.2) is 6.07 Å². The quantitative estimate of drug-likeness (QED) is 0.448. The number of fused-ring (bicyclic) bond motifs is 4. The van der Waals surface area contributed by atoms with E-state index in [1.807, 2.05) is 0 Å². The van der Waals surface area contributed by atoms with E-state index in [1.165, 1.54) is 20.1 Å². The summed E-state index contributed by atoms with van der Waals surface area (Å²) in [6.45, 7) is 6.35. The second-order valence-corrected chi connectivity index (χ2v) is 7.86. The van der Waals surface area contributed by atoms with Gasteiger partial charge in [0, 0.05) is 26.3 Å². The summed E-state index contributed by atoms with van der Waals surface area (Å²) in [5.74, 6) is -5.30. The number of carbonyl (C=O) groups is 5. The summed E-state index contributed by atoms with van der Waals surface area (Å²) >= 11 is 0. The molecule has 0 aliphatic carbocycles. The normalized spacial score (nSPS) is 15.2. The highest BCUT2D eigenvalue weighted by atomic mass is 16.7. The van der Waals surface area contributed by atoms with E-state index in [2.05, 4.69) is 0 Å². The van der Waals surface area contributed by atoms with Crippen LogP contribution >= 0.6 is 0 Å². The van der Waals surface area contributed by atoms with Crippen molar-refractivity contribution in [1.29, 1.82) is 0 Å². The molecule has 0 saturated carbocycles. The number of cyclic esters (lactones) is 1. The van der Waals surface area contributed by atoms with Crippen molar-refractivity contribution in [3.63, 3.8) is 0 Å². The molecule has 0 bridgehead atoms. The zero-order valence-corrected chi connectivity index (χ0v) is 20.1. The van der Waals surface area contributed by atoms with Crippen LogP contribution in [0.4, 0.5) is 0 Å². The highest BCUT2D eigenvalue weighted by molar-refractivity contribution is 6.03. The summed E-state index contributed by atoms with van der Waals surface area (Å²) in [4.78, 5) is 61.5. The molecule has 0 N–H and O–H groups in total. The molecule has 2 aliphatic rings. The zero-order chi connectivity index (χ0) is 26.5. The van der Waals surface area contributed by atoms with E-state index >= 15 is 0 Å². The first-order valence-corrected chi connectivity index (χ1v) is 10.5. The maximum Gasteiger partial charge on any atom is 0.347 e. The minimum absolute atomic E-state index is 0.0548. The van der Waals surface area contributed by atoms with E-state index in [-0.39, 0.29) is 56.8 Å². The Morgan fingerprint density at radius 2 is 1.44 bits per heavy atom. The first-order chi connectivity index (χ1) is 16.9. The first kappa shape index (κ1) is 24.5. The monoisotopic (exact) mass is 500 g/mol. The molecule has 4 rings (SSSR count). The fourth-order valence-corrected chi connectivity index (χ4v) is 3.92. The van der Waals surface area contributed by atoms with Gasteiger partial charge in [-0.3, -0.25) is 14.4 Å². The Kier molecular flexibility index (Phi) is 6.04. The van der Waals surface area contributed by atoms with Crippen LogP contribution in [0.2, 0.25) is 0 Å². The lowest BCUT2D eigenvalue weighted by Crippen LogP contribution is -2.13. The molecule has 188 valence electrons. The Bertz CT molecular complexity index is 1370. The van der Waals surface area contributed by atoms with Crippen LogP contribution in [-0.4, -0.2) is 37.0 Å². The van der Waals surface area contributed by atoms with Gasteiger partial charge >= 0.3 is 29.8 Å². The predicted molar refractivity (Wildman–Crippen MR) is 116 cm³/mol. The van der Waals surface area contributed by atoms with Crippen LogP contribution in [0, 0.1) is 13.8 Å². The van der Waals surface area contributed by atoms with Gasteiger partial charge < -0.3 is 33.2 Å². The fourth-order valence-electron chi connectivity index (χ4n) is 3.92. The third kappa shape index (κ3) is 3.96. The van der Waals surface area contributed by atoms with E-state index in [1.54, 1.807) is 6.92 Å². The van der Waals surface area contributed by atoms with Crippen LogP contribution < -0.4 is 23.7 Å². The molecule has 0 fully saturated rings. The van der Waals surface area contributed by atoms with E-state index in [0.29, 0.717) is 5.56 Å². The van der Waals surface area contributed by atoms with Gasteiger partial charge in [0.1, 0.15) is 11.1 Å². The van der Waals surface area contributed by atoms with E-state index < -0.39 is 36.1 Å². The largest absolute Gasteiger partial charge is 0.493 e. The maximum absolute atomic E-state index is 13.3. The van der Waals surface area contributed by atoms with Crippen molar-refractivity contribution >= 4 is 29.8 Å². The molecule has 0 amide bonds. The number of ether oxygens (including phenoxy) is 7. The molecule has 2 aromatic carbocycles. The minimum atomic E-state index is -1.61. The van der Waals surface area contributed by atoms with E-state index in [0.717, 1.165) is 20.8 Å². The van der Waals surface area contributed by atoms with Gasteiger partial charge in [0.15, 0.2) is 28.7 Å². The highest BCUT2D eigenvalue weighted by Crippen LogP contribution is 2.56. The van der Waals surface area contributed by atoms with Crippen LogP contribution in [0.1, 0.15) is 64.5 Å². The molecule has 2 heterocycles. The second-order valence-electron chi connectivity index (χ2n) is 7.86. The lowest BCUT2D eigenvalue weighted by molar-refractivity contribution is -0.165. The predicted octanol–water partition coefficient (Wildman–Crippen LogP) is 3.22. The van der Waals surface area contributed by atoms with Crippen molar-refractivity contribution < 1.29 is 57.1 Å². The van der Waals surface area contributed by atoms with Crippen LogP contribution in [0.3, 0.4) is 0 Å². The Hall–Kier alpha value is -4.61. The number of rotatable bonds is 4. The summed E-state index contributed by atoms with van der Waals surface area (Å²) in [5, 5.41) is 0. The average Bonchev–Trinajstić information content (AvgIpc) is 2.98. The molecule has 2 aliphatic heterocycles. The Labute approximate surface area is 203 Å². The molecule has 0 radical (unpaired) electrons. The van der Waals surface area contributed by atoms with Gasteiger partial charge in [-0.15, -0.1) is 0 Å². The van der Waals surface area contributed by atoms with E-state index in [4.69, 9.17) is 33.2 Å². The Morgan fingerprint density at radius 3 is 2.03 bits per heavy atom. The second kappa shape index (κ2) is 8.87. The number of benzene rings is 2. The molecule has 12 nitrogen and oxygen atoms in total. The fraction of sp³-hybridized carbons (Fsp3) is 0.292. The van der Waals surface area contributed by atoms with Crippen LogP contribution in [0.25, 0.3) is 0 Å². The maximum atomic E-state index is 13.3.